The monoisotopic (exact) mass is 399 g/mol. The van der Waals surface area contributed by atoms with Crippen molar-refractivity contribution in [3.05, 3.63) is 101 Å². The molecule has 6 heteroatoms. The van der Waals surface area contributed by atoms with Crippen LogP contribution in [0.3, 0.4) is 0 Å². The lowest BCUT2D eigenvalue weighted by Gasteiger charge is -2.21. The summed E-state index contributed by atoms with van der Waals surface area (Å²) in [6, 6.07) is 18.7. The standard InChI is InChI=1S/C23H21F3N2O/c1-14-8-10-17(11-9-14)22(16-6-4-3-5-7-16)27-15(2)23(29)28-19-13-12-18(24)20(25)21(19)26/h3-13,15,22,27H,1-2H3,(H,28,29)/p+1/t15-,22-/m0/s1. The molecule has 150 valence electrons. The van der Waals surface area contributed by atoms with Gasteiger partial charge in [0, 0.05) is 11.1 Å². The van der Waals surface area contributed by atoms with Crippen molar-refractivity contribution in [2.24, 2.45) is 0 Å². The molecular formula is C23H22F3N2O+. The molecule has 0 bridgehead atoms. The smallest absolute Gasteiger partial charge is 0.282 e. The molecule has 29 heavy (non-hydrogen) atoms. The molecule has 0 unspecified atom stereocenters. The van der Waals surface area contributed by atoms with Gasteiger partial charge in [0.05, 0.1) is 5.69 Å². The second kappa shape index (κ2) is 8.92. The number of nitrogens with two attached hydrogens (primary N) is 1. The molecule has 3 N–H and O–H groups in total. The number of carbonyl (C=O) groups is 1. The minimum Gasteiger partial charge on any atom is -0.326 e. The molecule has 0 aliphatic heterocycles. The van der Waals surface area contributed by atoms with Crippen LogP contribution in [0.4, 0.5) is 18.9 Å². The molecule has 0 aliphatic carbocycles. The van der Waals surface area contributed by atoms with Gasteiger partial charge in [0.1, 0.15) is 6.04 Å². The molecule has 0 radical (unpaired) electrons. The van der Waals surface area contributed by atoms with E-state index in [9.17, 15) is 18.0 Å². The zero-order valence-electron chi connectivity index (χ0n) is 16.1. The molecule has 0 aliphatic rings. The van der Waals surface area contributed by atoms with Gasteiger partial charge >= 0.3 is 0 Å². The van der Waals surface area contributed by atoms with Crippen LogP contribution in [0.2, 0.25) is 0 Å². The Hall–Kier alpha value is -3.12. The van der Waals surface area contributed by atoms with Crippen LogP contribution >= 0.6 is 0 Å². The van der Waals surface area contributed by atoms with E-state index in [0.29, 0.717) is 0 Å². The van der Waals surface area contributed by atoms with Gasteiger partial charge in [-0.2, -0.15) is 0 Å². The number of halogens is 3. The number of benzene rings is 3. The third-order valence-electron chi connectivity index (χ3n) is 4.78. The van der Waals surface area contributed by atoms with E-state index in [4.69, 9.17) is 0 Å². The normalized spacial score (nSPS) is 13.0. The lowest BCUT2D eigenvalue weighted by atomic mass is 9.97. The van der Waals surface area contributed by atoms with Crippen molar-refractivity contribution in [2.75, 3.05) is 5.32 Å². The average molecular weight is 399 g/mol. The topological polar surface area (TPSA) is 45.7 Å². The van der Waals surface area contributed by atoms with Crippen molar-refractivity contribution in [3.8, 4) is 0 Å². The Labute approximate surface area is 167 Å². The highest BCUT2D eigenvalue weighted by Crippen LogP contribution is 2.21. The van der Waals surface area contributed by atoms with Crippen molar-refractivity contribution in [3.63, 3.8) is 0 Å². The summed E-state index contributed by atoms with van der Waals surface area (Å²) in [5.74, 6) is -4.84. The van der Waals surface area contributed by atoms with E-state index < -0.39 is 29.4 Å². The third-order valence-corrected chi connectivity index (χ3v) is 4.78. The number of hydrogen-bond acceptors (Lipinski definition) is 1. The van der Waals surface area contributed by atoms with E-state index in [0.717, 1.165) is 28.8 Å². The molecule has 3 aromatic rings. The second-order valence-electron chi connectivity index (χ2n) is 6.99. The van der Waals surface area contributed by atoms with E-state index in [2.05, 4.69) is 5.32 Å². The van der Waals surface area contributed by atoms with Gasteiger partial charge in [0.2, 0.25) is 0 Å². The highest BCUT2D eigenvalue weighted by Gasteiger charge is 2.26. The van der Waals surface area contributed by atoms with E-state index in [1.807, 2.05) is 66.8 Å². The van der Waals surface area contributed by atoms with Gasteiger partial charge in [-0.3, -0.25) is 4.79 Å². The number of anilines is 1. The van der Waals surface area contributed by atoms with Crippen LogP contribution in [-0.4, -0.2) is 11.9 Å². The fourth-order valence-electron chi connectivity index (χ4n) is 3.09. The van der Waals surface area contributed by atoms with Gasteiger partial charge in [-0.1, -0.05) is 60.2 Å². The van der Waals surface area contributed by atoms with Crippen molar-refractivity contribution >= 4 is 11.6 Å². The Bertz CT molecular complexity index is 991. The molecule has 2 atom stereocenters. The molecule has 3 rings (SSSR count). The summed E-state index contributed by atoms with van der Waals surface area (Å²) in [5, 5.41) is 4.20. The summed E-state index contributed by atoms with van der Waals surface area (Å²) in [7, 11) is 0. The van der Waals surface area contributed by atoms with Crippen LogP contribution in [0.25, 0.3) is 0 Å². The van der Waals surface area contributed by atoms with Crippen LogP contribution in [0.15, 0.2) is 66.7 Å². The van der Waals surface area contributed by atoms with Gasteiger partial charge in [0.25, 0.3) is 5.91 Å². The Balaban J connectivity index is 1.81. The van der Waals surface area contributed by atoms with Crippen LogP contribution in [0.5, 0.6) is 0 Å². The molecule has 0 aromatic heterocycles. The summed E-state index contributed by atoms with van der Waals surface area (Å²) in [6.45, 7) is 3.68. The zero-order valence-corrected chi connectivity index (χ0v) is 16.1. The zero-order chi connectivity index (χ0) is 21.0. The maximum Gasteiger partial charge on any atom is 0.282 e. The molecule has 0 spiro atoms. The number of amides is 1. The first-order chi connectivity index (χ1) is 13.9. The number of nitrogens with one attached hydrogen (secondary N) is 1. The Morgan fingerprint density at radius 3 is 2.14 bits per heavy atom. The van der Waals surface area contributed by atoms with Crippen molar-refractivity contribution in [1.82, 2.24) is 0 Å². The SMILES string of the molecule is Cc1ccc([C@@H]([NH2+][C@@H](C)C(=O)Nc2ccc(F)c(F)c2F)c2ccccc2)cc1. The van der Waals surface area contributed by atoms with Gasteiger partial charge < -0.3 is 10.6 Å². The number of carbonyl (C=O) groups excluding carboxylic acids is 1. The molecular weight excluding hydrogens is 377 g/mol. The quantitative estimate of drug-likeness (QED) is 0.603. The summed E-state index contributed by atoms with van der Waals surface area (Å²) >= 11 is 0. The summed E-state index contributed by atoms with van der Waals surface area (Å²) < 4.78 is 40.4. The third kappa shape index (κ3) is 4.84. The second-order valence-corrected chi connectivity index (χ2v) is 6.99. The Kier molecular flexibility index (Phi) is 6.34. The molecule has 0 fully saturated rings. The van der Waals surface area contributed by atoms with Gasteiger partial charge in [-0.25, -0.2) is 13.2 Å². The lowest BCUT2D eigenvalue weighted by molar-refractivity contribution is -0.704. The number of aryl methyl sites for hydroxylation is 1. The van der Waals surface area contributed by atoms with Crippen LogP contribution < -0.4 is 10.6 Å². The number of quaternary nitrogens is 1. The number of rotatable bonds is 6. The Morgan fingerprint density at radius 1 is 0.862 bits per heavy atom. The van der Waals surface area contributed by atoms with E-state index >= 15 is 0 Å². The van der Waals surface area contributed by atoms with E-state index in [1.54, 1.807) is 6.92 Å². The van der Waals surface area contributed by atoms with Gasteiger partial charge in [-0.15, -0.1) is 0 Å². The first-order valence-corrected chi connectivity index (χ1v) is 9.27. The maximum absolute atomic E-state index is 13.9. The highest BCUT2D eigenvalue weighted by molar-refractivity contribution is 5.93. The maximum atomic E-state index is 13.9. The fraction of sp³-hybridized carbons (Fsp3) is 0.174. The van der Waals surface area contributed by atoms with Crippen LogP contribution in [0, 0.1) is 24.4 Å². The fourth-order valence-corrected chi connectivity index (χ4v) is 3.09. The van der Waals surface area contributed by atoms with Crippen molar-refractivity contribution in [2.45, 2.75) is 25.9 Å². The van der Waals surface area contributed by atoms with Crippen LogP contribution in [0.1, 0.15) is 29.7 Å². The van der Waals surface area contributed by atoms with Crippen molar-refractivity contribution in [1.29, 1.82) is 0 Å². The van der Waals surface area contributed by atoms with E-state index in [1.165, 1.54) is 0 Å². The Morgan fingerprint density at radius 2 is 1.48 bits per heavy atom. The summed E-state index contributed by atoms with van der Waals surface area (Å²) in [6.07, 6.45) is 0. The van der Waals surface area contributed by atoms with Gasteiger partial charge in [-0.05, 0) is 26.0 Å². The first-order valence-electron chi connectivity index (χ1n) is 9.27. The lowest BCUT2D eigenvalue weighted by Crippen LogP contribution is -2.92. The molecule has 3 nitrogen and oxygen atoms in total. The summed E-state index contributed by atoms with van der Waals surface area (Å²) in [4.78, 5) is 12.6. The predicted octanol–water partition coefficient (Wildman–Crippen LogP) is 4.09. The molecule has 0 heterocycles. The number of hydrogen-bond donors (Lipinski definition) is 2. The minimum atomic E-state index is -1.61. The first kappa shape index (κ1) is 20.6. The predicted molar refractivity (Wildman–Crippen MR) is 106 cm³/mol. The highest BCUT2D eigenvalue weighted by atomic mass is 19.2. The van der Waals surface area contributed by atoms with Crippen molar-refractivity contribution < 1.29 is 23.3 Å². The largest absolute Gasteiger partial charge is 0.326 e. The average Bonchev–Trinajstić information content (AvgIpc) is 2.73. The molecule has 1 amide bonds. The van der Waals surface area contributed by atoms with Crippen LogP contribution in [-0.2, 0) is 4.79 Å². The minimum absolute atomic E-state index is 0.160. The summed E-state index contributed by atoms with van der Waals surface area (Å²) in [5.41, 5.74) is 2.76. The molecule has 3 aromatic carbocycles. The molecule has 0 saturated carbocycles. The van der Waals surface area contributed by atoms with Gasteiger partial charge in [0.15, 0.2) is 23.5 Å². The van der Waals surface area contributed by atoms with E-state index in [-0.39, 0.29) is 11.7 Å². The molecule has 0 saturated heterocycles.